The van der Waals surface area contributed by atoms with Crippen LogP contribution < -0.4 is 19.7 Å². The molecule has 0 radical (unpaired) electrons. The lowest BCUT2D eigenvalue weighted by Crippen LogP contribution is -2.32. The van der Waals surface area contributed by atoms with E-state index < -0.39 is 0 Å². The summed E-state index contributed by atoms with van der Waals surface area (Å²) >= 11 is 0. The number of nitrogens with one attached hydrogen (secondary N) is 1. The van der Waals surface area contributed by atoms with Gasteiger partial charge in [0.1, 0.15) is 0 Å². The van der Waals surface area contributed by atoms with Gasteiger partial charge in [-0.1, -0.05) is 45.0 Å². The SMILES string of the molecule is COc1nc(N2CCc3ccccc3C2)nc(OC)c1NC(=O)CC(C)(C)C. The van der Waals surface area contributed by atoms with Crippen LogP contribution in [-0.4, -0.2) is 36.6 Å². The molecule has 0 saturated carbocycles. The Hall–Kier alpha value is -2.83. The monoisotopic (exact) mass is 384 g/mol. The highest BCUT2D eigenvalue weighted by Crippen LogP contribution is 2.35. The number of rotatable bonds is 5. The van der Waals surface area contributed by atoms with Gasteiger partial charge in [-0.3, -0.25) is 4.79 Å². The Kier molecular flexibility index (Phi) is 5.72. The van der Waals surface area contributed by atoms with Gasteiger partial charge in [0.15, 0.2) is 5.69 Å². The number of hydrogen-bond acceptors (Lipinski definition) is 6. The Balaban J connectivity index is 1.88. The van der Waals surface area contributed by atoms with Gasteiger partial charge in [0.25, 0.3) is 0 Å². The molecule has 7 heteroatoms. The number of anilines is 2. The molecule has 0 unspecified atom stereocenters. The fraction of sp³-hybridized carbons (Fsp3) is 0.476. The molecular weight excluding hydrogens is 356 g/mol. The van der Waals surface area contributed by atoms with Gasteiger partial charge in [0.05, 0.1) is 14.2 Å². The third-order valence-electron chi connectivity index (χ3n) is 4.59. The van der Waals surface area contributed by atoms with Crippen LogP contribution in [0.1, 0.15) is 38.3 Å². The van der Waals surface area contributed by atoms with Crippen LogP contribution in [0.4, 0.5) is 11.6 Å². The van der Waals surface area contributed by atoms with Gasteiger partial charge in [0, 0.05) is 19.5 Å². The number of hydrogen-bond donors (Lipinski definition) is 1. The molecule has 0 spiro atoms. The van der Waals surface area contributed by atoms with Crippen LogP contribution in [0.2, 0.25) is 0 Å². The van der Waals surface area contributed by atoms with Gasteiger partial charge >= 0.3 is 0 Å². The van der Waals surface area contributed by atoms with Crippen molar-refractivity contribution in [1.82, 2.24) is 9.97 Å². The van der Waals surface area contributed by atoms with Crippen molar-refractivity contribution >= 4 is 17.5 Å². The van der Waals surface area contributed by atoms with Gasteiger partial charge in [0.2, 0.25) is 23.6 Å². The molecule has 1 amide bonds. The minimum absolute atomic E-state index is 0.132. The standard InChI is InChI=1S/C21H28N4O3/c1-21(2,3)12-16(26)22-17-18(27-4)23-20(24-19(17)28-5)25-11-10-14-8-6-7-9-15(14)13-25/h6-9H,10-13H2,1-5H3,(H,22,26). The highest BCUT2D eigenvalue weighted by molar-refractivity contribution is 5.93. The number of aromatic nitrogens is 2. The molecule has 1 aliphatic heterocycles. The van der Waals surface area contributed by atoms with E-state index in [-0.39, 0.29) is 11.3 Å². The van der Waals surface area contributed by atoms with Crippen LogP contribution in [0.3, 0.4) is 0 Å². The predicted octanol–water partition coefficient (Wildman–Crippen LogP) is 3.43. The molecule has 2 heterocycles. The van der Waals surface area contributed by atoms with Gasteiger partial charge < -0.3 is 19.7 Å². The van der Waals surface area contributed by atoms with Crippen molar-refractivity contribution in [2.75, 3.05) is 31.0 Å². The zero-order chi connectivity index (χ0) is 20.3. The van der Waals surface area contributed by atoms with Crippen molar-refractivity contribution in [2.24, 2.45) is 5.41 Å². The summed E-state index contributed by atoms with van der Waals surface area (Å²) in [5, 5.41) is 2.85. The van der Waals surface area contributed by atoms with Gasteiger partial charge in [-0.05, 0) is 23.0 Å². The number of carbonyl (C=O) groups is 1. The molecule has 150 valence electrons. The van der Waals surface area contributed by atoms with Crippen LogP contribution in [0.15, 0.2) is 24.3 Å². The Bertz CT molecular complexity index is 836. The van der Waals surface area contributed by atoms with Crippen LogP contribution in [-0.2, 0) is 17.8 Å². The molecule has 28 heavy (non-hydrogen) atoms. The number of methoxy groups -OCH3 is 2. The lowest BCUT2D eigenvalue weighted by molar-refractivity contribution is -0.117. The molecule has 1 N–H and O–H groups in total. The third-order valence-corrected chi connectivity index (χ3v) is 4.59. The summed E-state index contributed by atoms with van der Waals surface area (Å²) in [7, 11) is 3.05. The van der Waals surface area contributed by atoms with Crippen LogP contribution in [0.5, 0.6) is 11.8 Å². The summed E-state index contributed by atoms with van der Waals surface area (Å²) in [5.74, 6) is 0.982. The molecule has 3 rings (SSSR count). The summed E-state index contributed by atoms with van der Waals surface area (Å²) < 4.78 is 10.9. The summed E-state index contributed by atoms with van der Waals surface area (Å²) in [4.78, 5) is 23.6. The maximum atomic E-state index is 12.4. The van der Waals surface area contributed by atoms with E-state index in [4.69, 9.17) is 9.47 Å². The summed E-state index contributed by atoms with van der Waals surface area (Å²) in [6.07, 6.45) is 1.29. The number of nitrogens with zero attached hydrogens (tertiary/aromatic N) is 3. The van der Waals surface area contributed by atoms with E-state index in [1.165, 1.54) is 25.3 Å². The fourth-order valence-electron chi connectivity index (χ4n) is 3.29. The molecule has 0 saturated heterocycles. The van der Waals surface area contributed by atoms with E-state index in [0.29, 0.717) is 29.8 Å². The van der Waals surface area contributed by atoms with E-state index in [1.54, 1.807) is 0 Å². The molecule has 0 atom stereocenters. The normalized spacial score (nSPS) is 13.7. The molecule has 0 aliphatic carbocycles. The first-order valence-corrected chi connectivity index (χ1v) is 9.42. The lowest BCUT2D eigenvalue weighted by Gasteiger charge is -2.29. The van der Waals surface area contributed by atoms with E-state index in [1.807, 2.05) is 26.8 Å². The summed E-state index contributed by atoms with van der Waals surface area (Å²) in [6, 6.07) is 8.38. The Morgan fingerprint density at radius 2 is 1.71 bits per heavy atom. The zero-order valence-corrected chi connectivity index (χ0v) is 17.2. The number of ether oxygens (including phenoxy) is 2. The summed E-state index contributed by atoms with van der Waals surface area (Å²) in [6.45, 7) is 7.55. The maximum absolute atomic E-state index is 12.4. The van der Waals surface area contributed by atoms with Gasteiger partial charge in [-0.2, -0.15) is 9.97 Å². The first-order chi connectivity index (χ1) is 13.3. The van der Waals surface area contributed by atoms with Crippen molar-refractivity contribution in [3.63, 3.8) is 0 Å². The minimum Gasteiger partial charge on any atom is -0.479 e. The second-order valence-corrected chi connectivity index (χ2v) is 8.14. The molecule has 1 aromatic carbocycles. The summed E-state index contributed by atoms with van der Waals surface area (Å²) in [5.41, 5.74) is 2.84. The van der Waals surface area contributed by atoms with Crippen LogP contribution in [0.25, 0.3) is 0 Å². The first-order valence-electron chi connectivity index (χ1n) is 9.42. The molecule has 0 fully saturated rings. The average Bonchev–Trinajstić information content (AvgIpc) is 2.66. The maximum Gasteiger partial charge on any atom is 0.246 e. The minimum atomic E-state index is -0.132. The van der Waals surface area contributed by atoms with Crippen molar-refractivity contribution < 1.29 is 14.3 Å². The molecule has 0 bridgehead atoms. The Morgan fingerprint density at radius 3 is 2.29 bits per heavy atom. The molecule has 1 aromatic heterocycles. The molecule has 2 aromatic rings. The average molecular weight is 384 g/mol. The first kappa shape index (κ1) is 19.9. The second kappa shape index (κ2) is 8.04. The van der Waals surface area contributed by atoms with Crippen molar-refractivity contribution in [1.29, 1.82) is 0 Å². The number of amides is 1. The fourth-order valence-corrected chi connectivity index (χ4v) is 3.29. The molecular formula is C21H28N4O3. The zero-order valence-electron chi connectivity index (χ0n) is 17.2. The van der Waals surface area contributed by atoms with Crippen molar-refractivity contribution in [2.45, 2.75) is 40.2 Å². The highest BCUT2D eigenvalue weighted by Gasteiger charge is 2.25. The predicted molar refractivity (Wildman–Crippen MR) is 109 cm³/mol. The third kappa shape index (κ3) is 4.52. The Labute approximate surface area is 166 Å². The topological polar surface area (TPSA) is 76.6 Å². The number of benzene rings is 1. The lowest BCUT2D eigenvalue weighted by atomic mass is 9.92. The van der Waals surface area contributed by atoms with Gasteiger partial charge in [-0.15, -0.1) is 0 Å². The number of fused-ring (bicyclic) bond motifs is 1. The number of carbonyl (C=O) groups excluding carboxylic acids is 1. The quantitative estimate of drug-likeness (QED) is 0.851. The van der Waals surface area contributed by atoms with E-state index >= 15 is 0 Å². The van der Waals surface area contributed by atoms with Gasteiger partial charge in [-0.25, -0.2) is 0 Å². The molecule has 7 nitrogen and oxygen atoms in total. The Morgan fingerprint density at radius 1 is 1.11 bits per heavy atom. The highest BCUT2D eigenvalue weighted by atomic mass is 16.5. The molecule has 1 aliphatic rings. The second-order valence-electron chi connectivity index (χ2n) is 8.14. The van der Waals surface area contributed by atoms with Crippen LogP contribution >= 0.6 is 0 Å². The van der Waals surface area contributed by atoms with Crippen LogP contribution in [0, 0.1) is 5.41 Å². The van der Waals surface area contributed by atoms with Crippen molar-refractivity contribution in [3.8, 4) is 11.8 Å². The smallest absolute Gasteiger partial charge is 0.246 e. The van der Waals surface area contributed by atoms with E-state index in [2.05, 4.69) is 38.4 Å². The van der Waals surface area contributed by atoms with E-state index in [0.717, 1.165) is 19.5 Å². The van der Waals surface area contributed by atoms with E-state index in [9.17, 15) is 4.79 Å². The largest absolute Gasteiger partial charge is 0.479 e. The van der Waals surface area contributed by atoms with Crippen molar-refractivity contribution in [3.05, 3.63) is 35.4 Å².